The topological polar surface area (TPSA) is 78.5 Å². The molecule has 4 amide bonds. The molecule has 0 radical (unpaired) electrons. The zero-order valence-corrected chi connectivity index (χ0v) is 18.0. The standard InChI is InChI=1S/C26H27N3O3/c1-16-6-5-9-20(14-16)27-26(32)28-21(15-17-7-3-2-4-8-17)29-24(30)22-18-10-11-19(13-12-18)23(22)25(29)31/h2-11,14,18-19,21-23H,12-13,15H2,1H3,(H2,27,28,32)/t18-,19-,21-,22+,23+/m0/s1. The Labute approximate surface area is 187 Å². The summed E-state index contributed by atoms with van der Waals surface area (Å²) in [5.74, 6) is -0.682. The van der Waals surface area contributed by atoms with E-state index in [1.54, 1.807) is 0 Å². The van der Waals surface area contributed by atoms with Crippen LogP contribution in [0.2, 0.25) is 0 Å². The molecule has 6 heteroatoms. The number of imide groups is 1. The van der Waals surface area contributed by atoms with Crippen molar-refractivity contribution >= 4 is 23.5 Å². The van der Waals surface area contributed by atoms with Crippen LogP contribution < -0.4 is 10.6 Å². The van der Waals surface area contributed by atoms with E-state index in [0.717, 1.165) is 24.0 Å². The van der Waals surface area contributed by atoms with Crippen LogP contribution in [-0.4, -0.2) is 28.9 Å². The third-order valence-corrected chi connectivity index (χ3v) is 6.95. The summed E-state index contributed by atoms with van der Waals surface area (Å²) >= 11 is 0. The van der Waals surface area contributed by atoms with Crippen LogP contribution in [0, 0.1) is 30.6 Å². The van der Waals surface area contributed by atoms with Crippen LogP contribution in [0.1, 0.15) is 24.0 Å². The number of rotatable bonds is 5. The van der Waals surface area contributed by atoms with Gasteiger partial charge >= 0.3 is 6.03 Å². The van der Waals surface area contributed by atoms with Crippen molar-refractivity contribution < 1.29 is 14.4 Å². The summed E-state index contributed by atoms with van der Waals surface area (Å²) in [6.07, 6.45) is 5.72. The number of fused-ring (bicyclic) bond motifs is 1. The molecule has 5 atom stereocenters. The zero-order chi connectivity index (χ0) is 22.2. The Morgan fingerprint density at radius 3 is 2.22 bits per heavy atom. The van der Waals surface area contributed by atoms with E-state index in [4.69, 9.17) is 0 Å². The Morgan fingerprint density at radius 1 is 0.969 bits per heavy atom. The lowest BCUT2D eigenvalue weighted by Crippen LogP contribution is -2.53. The summed E-state index contributed by atoms with van der Waals surface area (Å²) in [6.45, 7) is 1.95. The Morgan fingerprint density at radius 2 is 1.62 bits per heavy atom. The summed E-state index contributed by atoms with van der Waals surface area (Å²) in [6, 6.07) is 16.7. The zero-order valence-electron chi connectivity index (χ0n) is 18.0. The Balaban J connectivity index is 1.40. The number of nitrogens with one attached hydrogen (secondary N) is 2. The van der Waals surface area contributed by atoms with Crippen molar-refractivity contribution in [3.05, 3.63) is 77.9 Å². The first-order valence-corrected chi connectivity index (χ1v) is 11.2. The number of likely N-dealkylation sites (tertiary alicyclic amines) is 1. The quantitative estimate of drug-likeness (QED) is 0.559. The van der Waals surface area contributed by atoms with Gasteiger partial charge in [0.15, 0.2) is 0 Å². The van der Waals surface area contributed by atoms with E-state index in [-0.39, 0.29) is 35.5 Å². The maximum Gasteiger partial charge on any atom is 0.320 e. The molecule has 164 valence electrons. The number of aryl methyl sites for hydroxylation is 1. The smallest absolute Gasteiger partial charge is 0.317 e. The molecule has 0 spiro atoms. The van der Waals surface area contributed by atoms with Gasteiger partial charge in [0.25, 0.3) is 0 Å². The van der Waals surface area contributed by atoms with Crippen LogP contribution in [0.4, 0.5) is 10.5 Å². The monoisotopic (exact) mass is 429 g/mol. The molecule has 2 N–H and O–H groups in total. The van der Waals surface area contributed by atoms with Gasteiger partial charge in [0.05, 0.1) is 11.8 Å². The van der Waals surface area contributed by atoms with E-state index in [2.05, 4.69) is 22.8 Å². The predicted octanol–water partition coefficient (Wildman–Crippen LogP) is 3.88. The van der Waals surface area contributed by atoms with Crippen molar-refractivity contribution in [2.24, 2.45) is 23.7 Å². The molecule has 2 aromatic rings. The highest BCUT2D eigenvalue weighted by molar-refractivity contribution is 6.06. The average Bonchev–Trinajstić information content (AvgIpc) is 3.07. The van der Waals surface area contributed by atoms with Crippen LogP contribution in [0.3, 0.4) is 0 Å². The number of allylic oxidation sites excluding steroid dienone is 2. The van der Waals surface area contributed by atoms with Gasteiger partial charge in [-0.1, -0.05) is 54.6 Å². The molecule has 4 aliphatic rings. The molecule has 0 aromatic heterocycles. The summed E-state index contributed by atoms with van der Waals surface area (Å²) < 4.78 is 0. The fraction of sp³-hybridized carbons (Fsp3) is 0.346. The second-order valence-corrected chi connectivity index (χ2v) is 9.06. The first-order chi connectivity index (χ1) is 15.5. The van der Waals surface area contributed by atoms with Gasteiger partial charge in [-0.25, -0.2) is 4.79 Å². The van der Waals surface area contributed by atoms with Crippen LogP contribution in [0.25, 0.3) is 0 Å². The highest BCUT2D eigenvalue weighted by Gasteiger charge is 2.58. The van der Waals surface area contributed by atoms with Crippen molar-refractivity contribution in [3.63, 3.8) is 0 Å². The lowest BCUT2D eigenvalue weighted by molar-refractivity contribution is -0.143. The molecule has 6 nitrogen and oxygen atoms in total. The molecule has 1 saturated heterocycles. The molecule has 1 aliphatic heterocycles. The van der Waals surface area contributed by atoms with E-state index >= 15 is 0 Å². The fourth-order valence-corrected chi connectivity index (χ4v) is 5.49. The number of nitrogens with zero attached hydrogens (tertiary/aromatic N) is 1. The number of hydrogen-bond acceptors (Lipinski definition) is 3. The number of carbonyl (C=O) groups excluding carboxylic acids is 3. The van der Waals surface area contributed by atoms with E-state index in [0.29, 0.717) is 12.1 Å². The first-order valence-electron chi connectivity index (χ1n) is 11.2. The Bertz CT molecular complexity index is 1050. The van der Waals surface area contributed by atoms with Gasteiger partial charge in [-0.15, -0.1) is 0 Å². The van der Waals surface area contributed by atoms with Crippen molar-refractivity contribution in [3.8, 4) is 0 Å². The second kappa shape index (κ2) is 8.26. The van der Waals surface area contributed by atoms with Crippen molar-refractivity contribution in [2.45, 2.75) is 32.4 Å². The molecule has 1 saturated carbocycles. The SMILES string of the molecule is Cc1cccc(NC(=O)N[C@H](Cc2ccccc2)N2C(=O)[C@H]3[C@H](C2=O)[C@H]2C=C[C@H]3CC2)c1. The minimum Gasteiger partial charge on any atom is -0.317 e. The van der Waals surface area contributed by atoms with E-state index < -0.39 is 12.2 Å². The summed E-state index contributed by atoms with van der Waals surface area (Å²) in [5.41, 5.74) is 2.64. The molecule has 2 fully saturated rings. The second-order valence-electron chi connectivity index (χ2n) is 9.06. The van der Waals surface area contributed by atoms with E-state index in [1.807, 2.05) is 61.5 Å². The van der Waals surface area contributed by atoms with Crippen molar-refractivity contribution in [2.75, 3.05) is 5.32 Å². The van der Waals surface area contributed by atoms with Gasteiger partial charge in [0, 0.05) is 12.1 Å². The van der Waals surface area contributed by atoms with Gasteiger partial charge < -0.3 is 10.6 Å². The lowest BCUT2D eigenvalue weighted by Gasteiger charge is -2.38. The number of hydrogen-bond donors (Lipinski definition) is 2. The summed E-state index contributed by atoms with van der Waals surface area (Å²) in [4.78, 5) is 41.1. The van der Waals surface area contributed by atoms with Crippen molar-refractivity contribution in [1.82, 2.24) is 10.2 Å². The summed E-state index contributed by atoms with van der Waals surface area (Å²) in [5, 5.41) is 5.74. The van der Waals surface area contributed by atoms with E-state index in [9.17, 15) is 14.4 Å². The lowest BCUT2D eigenvalue weighted by atomic mass is 9.63. The van der Waals surface area contributed by atoms with Gasteiger partial charge in [0.1, 0.15) is 6.17 Å². The van der Waals surface area contributed by atoms with Crippen LogP contribution in [0.15, 0.2) is 66.7 Å². The molecule has 6 rings (SSSR count). The van der Waals surface area contributed by atoms with Gasteiger partial charge in [-0.2, -0.15) is 0 Å². The Hall–Kier alpha value is -3.41. The predicted molar refractivity (Wildman–Crippen MR) is 121 cm³/mol. The third kappa shape index (κ3) is 3.70. The number of carbonyl (C=O) groups is 3. The van der Waals surface area contributed by atoms with Crippen LogP contribution in [0.5, 0.6) is 0 Å². The van der Waals surface area contributed by atoms with Crippen LogP contribution >= 0.6 is 0 Å². The number of urea groups is 1. The van der Waals surface area contributed by atoms with Gasteiger partial charge in [0.2, 0.25) is 11.8 Å². The van der Waals surface area contributed by atoms with Gasteiger partial charge in [-0.3, -0.25) is 14.5 Å². The highest BCUT2D eigenvalue weighted by atomic mass is 16.2. The normalized spacial score (nSPS) is 26.7. The third-order valence-electron chi connectivity index (χ3n) is 6.95. The number of benzene rings is 2. The molecule has 0 unspecified atom stereocenters. The minimum atomic E-state index is -0.743. The average molecular weight is 430 g/mol. The molecular formula is C26H27N3O3. The molecule has 2 aromatic carbocycles. The molecular weight excluding hydrogens is 402 g/mol. The summed E-state index contributed by atoms with van der Waals surface area (Å²) in [7, 11) is 0. The molecule has 1 heterocycles. The number of anilines is 1. The molecule has 2 bridgehead atoms. The Kier molecular flexibility index (Phi) is 5.29. The molecule has 3 aliphatic carbocycles. The number of amides is 4. The van der Waals surface area contributed by atoms with Gasteiger partial charge in [-0.05, 0) is 54.9 Å². The fourth-order valence-electron chi connectivity index (χ4n) is 5.49. The maximum atomic E-state index is 13.5. The maximum absolute atomic E-state index is 13.5. The van der Waals surface area contributed by atoms with E-state index in [1.165, 1.54) is 4.90 Å². The molecule has 32 heavy (non-hydrogen) atoms. The largest absolute Gasteiger partial charge is 0.320 e. The highest BCUT2D eigenvalue weighted by Crippen LogP contribution is 2.50. The first kappa shape index (κ1) is 20.5. The minimum absolute atomic E-state index is 0.116. The van der Waals surface area contributed by atoms with Crippen LogP contribution in [-0.2, 0) is 16.0 Å². The van der Waals surface area contributed by atoms with Crippen molar-refractivity contribution in [1.29, 1.82) is 0 Å².